The van der Waals surface area contributed by atoms with Gasteiger partial charge < -0.3 is 11.1 Å². The fourth-order valence-electron chi connectivity index (χ4n) is 3.65. The quantitative estimate of drug-likeness (QED) is 0.731. The van der Waals surface area contributed by atoms with Gasteiger partial charge in [0.1, 0.15) is 4.34 Å². The van der Waals surface area contributed by atoms with E-state index in [0.29, 0.717) is 32.4 Å². The number of amides is 1. The number of rotatable bonds is 6. The Balaban J connectivity index is 1.70. The molecule has 0 saturated heterocycles. The van der Waals surface area contributed by atoms with E-state index in [-0.39, 0.29) is 11.9 Å². The number of nitrogens with zero attached hydrogens (tertiary/aromatic N) is 2. The number of nitrogens with two attached hydrogens (primary N) is 1. The highest BCUT2D eigenvalue weighted by Gasteiger charge is 2.23. The van der Waals surface area contributed by atoms with Crippen LogP contribution in [-0.2, 0) is 7.05 Å². The SMILES string of the molecule is Cn1ncc(Cl)c1-c1cc(C(=O)N[C@H](CN)CC2CCCCC2)sc1Cl. The van der Waals surface area contributed by atoms with Gasteiger partial charge in [-0.15, -0.1) is 11.3 Å². The highest BCUT2D eigenvalue weighted by atomic mass is 35.5. The zero-order valence-electron chi connectivity index (χ0n) is 14.8. The summed E-state index contributed by atoms with van der Waals surface area (Å²) in [5.41, 5.74) is 7.34. The minimum absolute atomic E-state index is 0.00443. The summed E-state index contributed by atoms with van der Waals surface area (Å²) in [4.78, 5) is 13.2. The Morgan fingerprint density at radius 2 is 2.15 bits per heavy atom. The van der Waals surface area contributed by atoms with Crippen molar-refractivity contribution >= 4 is 40.4 Å². The molecular weight excluding hydrogens is 391 g/mol. The Morgan fingerprint density at radius 1 is 1.42 bits per heavy atom. The number of hydrogen-bond donors (Lipinski definition) is 2. The summed E-state index contributed by atoms with van der Waals surface area (Å²) in [7, 11) is 1.80. The Bertz CT molecular complexity index is 748. The van der Waals surface area contributed by atoms with Gasteiger partial charge in [-0.3, -0.25) is 9.48 Å². The van der Waals surface area contributed by atoms with Gasteiger partial charge in [0.25, 0.3) is 5.91 Å². The smallest absolute Gasteiger partial charge is 0.261 e. The largest absolute Gasteiger partial charge is 0.347 e. The second kappa shape index (κ2) is 8.74. The first-order chi connectivity index (χ1) is 12.5. The van der Waals surface area contributed by atoms with E-state index in [1.54, 1.807) is 24.0 Å². The molecule has 0 unspecified atom stereocenters. The number of carbonyl (C=O) groups excluding carboxylic acids is 1. The Labute approximate surface area is 167 Å². The number of aryl methyl sites for hydroxylation is 1. The summed E-state index contributed by atoms with van der Waals surface area (Å²) >= 11 is 13.8. The third kappa shape index (κ3) is 4.42. The molecule has 1 saturated carbocycles. The lowest BCUT2D eigenvalue weighted by Crippen LogP contribution is -2.41. The van der Waals surface area contributed by atoms with Crippen LogP contribution in [0.5, 0.6) is 0 Å². The molecule has 0 spiro atoms. The molecule has 3 rings (SSSR count). The zero-order valence-corrected chi connectivity index (χ0v) is 17.1. The summed E-state index contributed by atoms with van der Waals surface area (Å²) in [6.45, 7) is 0.446. The summed E-state index contributed by atoms with van der Waals surface area (Å²) in [5.74, 6) is 0.529. The van der Waals surface area contributed by atoms with Crippen molar-refractivity contribution in [2.75, 3.05) is 6.54 Å². The van der Waals surface area contributed by atoms with Crippen LogP contribution in [0.15, 0.2) is 12.3 Å². The normalized spacial score (nSPS) is 16.6. The fraction of sp³-hybridized carbons (Fsp3) is 0.556. The van der Waals surface area contributed by atoms with E-state index < -0.39 is 0 Å². The Hall–Kier alpha value is -1.08. The van der Waals surface area contributed by atoms with Gasteiger partial charge in [0, 0.05) is 25.2 Å². The van der Waals surface area contributed by atoms with Crippen molar-refractivity contribution in [1.82, 2.24) is 15.1 Å². The molecule has 0 aliphatic heterocycles. The molecule has 5 nitrogen and oxygen atoms in total. The first kappa shape index (κ1) is 19.7. The maximum absolute atomic E-state index is 12.7. The van der Waals surface area contributed by atoms with E-state index in [9.17, 15) is 4.79 Å². The molecule has 0 bridgehead atoms. The molecule has 3 N–H and O–H groups in total. The van der Waals surface area contributed by atoms with E-state index in [0.717, 1.165) is 12.0 Å². The third-order valence-electron chi connectivity index (χ3n) is 5.02. The predicted molar refractivity (Wildman–Crippen MR) is 108 cm³/mol. The maximum Gasteiger partial charge on any atom is 0.261 e. The Kier molecular flexibility index (Phi) is 6.61. The second-order valence-corrected chi connectivity index (χ2v) is 8.97. The maximum atomic E-state index is 12.7. The van der Waals surface area contributed by atoms with E-state index >= 15 is 0 Å². The Morgan fingerprint density at radius 3 is 2.77 bits per heavy atom. The zero-order chi connectivity index (χ0) is 18.7. The van der Waals surface area contributed by atoms with Crippen LogP contribution in [0.3, 0.4) is 0 Å². The van der Waals surface area contributed by atoms with Crippen LogP contribution in [-0.4, -0.2) is 28.3 Å². The average Bonchev–Trinajstić information content (AvgIpc) is 3.17. The van der Waals surface area contributed by atoms with Gasteiger partial charge in [0.15, 0.2) is 0 Å². The van der Waals surface area contributed by atoms with Gasteiger partial charge in [-0.1, -0.05) is 55.3 Å². The van der Waals surface area contributed by atoms with Crippen molar-refractivity contribution < 1.29 is 4.79 Å². The van der Waals surface area contributed by atoms with Crippen LogP contribution < -0.4 is 11.1 Å². The standard InChI is InChI=1S/C18H24Cl2N4OS/c1-24-16(14(19)10-22-24)13-8-15(26-17(13)20)18(25)23-12(9-21)7-11-5-3-2-4-6-11/h8,10-12H,2-7,9,21H2,1H3,(H,23,25)/t12-/m0/s1. The van der Waals surface area contributed by atoms with Crippen molar-refractivity contribution in [2.24, 2.45) is 18.7 Å². The van der Waals surface area contributed by atoms with Crippen LogP contribution in [0.4, 0.5) is 0 Å². The van der Waals surface area contributed by atoms with Crippen molar-refractivity contribution in [3.63, 3.8) is 0 Å². The first-order valence-corrected chi connectivity index (χ1v) is 10.5. The lowest BCUT2D eigenvalue weighted by molar-refractivity contribution is 0.0934. The second-order valence-electron chi connectivity index (χ2n) is 6.91. The van der Waals surface area contributed by atoms with Crippen molar-refractivity contribution in [2.45, 2.75) is 44.6 Å². The van der Waals surface area contributed by atoms with Crippen molar-refractivity contribution in [1.29, 1.82) is 0 Å². The number of thiophene rings is 1. The molecule has 26 heavy (non-hydrogen) atoms. The van der Waals surface area contributed by atoms with Gasteiger partial charge in [-0.05, 0) is 18.4 Å². The fourth-order valence-corrected chi connectivity index (χ4v) is 5.10. The molecule has 1 fully saturated rings. The minimum atomic E-state index is -0.132. The van der Waals surface area contributed by atoms with Crippen LogP contribution in [0.2, 0.25) is 9.36 Å². The number of nitrogens with one attached hydrogen (secondary N) is 1. The predicted octanol–water partition coefficient (Wildman–Crippen LogP) is 4.48. The molecule has 0 aromatic carbocycles. The van der Waals surface area contributed by atoms with E-state index in [1.807, 2.05) is 0 Å². The summed E-state index contributed by atoms with van der Waals surface area (Å²) in [5, 5.41) is 7.72. The molecule has 2 heterocycles. The summed E-state index contributed by atoms with van der Waals surface area (Å²) < 4.78 is 2.18. The van der Waals surface area contributed by atoms with Crippen LogP contribution >= 0.6 is 34.5 Å². The summed E-state index contributed by atoms with van der Waals surface area (Å²) in [6.07, 6.45) is 8.88. The molecule has 1 aliphatic rings. The molecule has 8 heteroatoms. The number of hydrogen-bond acceptors (Lipinski definition) is 4. The number of aromatic nitrogens is 2. The molecule has 1 amide bonds. The van der Waals surface area contributed by atoms with Crippen LogP contribution in [0, 0.1) is 5.92 Å². The van der Waals surface area contributed by atoms with Crippen LogP contribution in [0.1, 0.15) is 48.2 Å². The molecule has 2 aromatic heterocycles. The van der Waals surface area contributed by atoms with Gasteiger partial charge in [-0.25, -0.2) is 0 Å². The molecule has 2 aromatic rings. The molecule has 1 atom stereocenters. The highest BCUT2D eigenvalue weighted by Crippen LogP contribution is 2.38. The summed E-state index contributed by atoms with van der Waals surface area (Å²) in [6, 6.07) is 1.77. The lowest BCUT2D eigenvalue weighted by Gasteiger charge is -2.26. The van der Waals surface area contributed by atoms with Crippen molar-refractivity contribution in [3.8, 4) is 11.3 Å². The number of carbonyl (C=O) groups is 1. The molecule has 1 aliphatic carbocycles. The van der Waals surface area contributed by atoms with Crippen molar-refractivity contribution in [3.05, 3.63) is 26.5 Å². The van der Waals surface area contributed by atoms with Crippen LogP contribution in [0.25, 0.3) is 11.3 Å². The minimum Gasteiger partial charge on any atom is -0.347 e. The topological polar surface area (TPSA) is 72.9 Å². The number of halogens is 2. The monoisotopic (exact) mass is 414 g/mol. The third-order valence-corrected chi connectivity index (χ3v) is 6.66. The van der Waals surface area contributed by atoms with E-state index in [2.05, 4.69) is 10.4 Å². The molecular formula is C18H24Cl2N4OS. The van der Waals surface area contributed by atoms with Gasteiger partial charge in [-0.2, -0.15) is 5.10 Å². The average molecular weight is 415 g/mol. The highest BCUT2D eigenvalue weighted by molar-refractivity contribution is 7.18. The van der Waals surface area contributed by atoms with Gasteiger partial charge >= 0.3 is 0 Å². The van der Waals surface area contributed by atoms with E-state index in [4.69, 9.17) is 28.9 Å². The van der Waals surface area contributed by atoms with Gasteiger partial charge in [0.05, 0.1) is 21.8 Å². The molecule has 0 radical (unpaired) electrons. The first-order valence-electron chi connectivity index (χ1n) is 8.97. The van der Waals surface area contributed by atoms with Gasteiger partial charge in [0.2, 0.25) is 0 Å². The molecule has 142 valence electrons. The lowest BCUT2D eigenvalue weighted by atomic mass is 9.85. The van der Waals surface area contributed by atoms with E-state index in [1.165, 1.54) is 43.4 Å².